The second-order valence-electron chi connectivity index (χ2n) is 8.05. The average Bonchev–Trinajstić information content (AvgIpc) is 3.60. The van der Waals surface area contributed by atoms with E-state index in [-0.39, 0.29) is 0 Å². The standard InChI is InChI=1S/C28H21N5/c1-2-5-24-26-16-22-11-9-20(31-22)14-18-7-8-19(30-18)15-21-10-12-23(32-21)17-27(33-26)28(24)25-6-3-4-13-29-25/h2-4,6-17,30,33H,1,5H2. The van der Waals surface area contributed by atoms with Gasteiger partial charge in [0.25, 0.3) is 0 Å². The lowest BCUT2D eigenvalue weighted by atomic mass is 10.0. The summed E-state index contributed by atoms with van der Waals surface area (Å²) < 4.78 is 0. The number of rotatable bonds is 3. The third-order valence-corrected chi connectivity index (χ3v) is 5.72. The van der Waals surface area contributed by atoms with Crippen molar-refractivity contribution in [3.05, 3.63) is 102 Å². The molecule has 0 spiro atoms. The molecule has 6 heterocycles. The van der Waals surface area contributed by atoms with Crippen LogP contribution in [0, 0.1) is 0 Å². The zero-order valence-electron chi connectivity index (χ0n) is 17.9. The van der Waals surface area contributed by atoms with Gasteiger partial charge in [0, 0.05) is 28.3 Å². The van der Waals surface area contributed by atoms with Crippen LogP contribution in [0.2, 0.25) is 0 Å². The first-order valence-electron chi connectivity index (χ1n) is 10.9. The molecule has 0 saturated carbocycles. The van der Waals surface area contributed by atoms with E-state index in [0.29, 0.717) is 6.42 Å². The van der Waals surface area contributed by atoms with Crippen molar-refractivity contribution < 1.29 is 0 Å². The van der Waals surface area contributed by atoms with E-state index in [1.807, 2.05) is 66.9 Å². The van der Waals surface area contributed by atoms with Crippen LogP contribution in [0.1, 0.15) is 28.3 Å². The fourth-order valence-electron chi connectivity index (χ4n) is 4.29. The Morgan fingerprint density at radius 2 is 1.36 bits per heavy atom. The molecule has 0 unspecified atom stereocenters. The summed E-state index contributed by atoms with van der Waals surface area (Å²) in [5.41, 5.74) is 10.7. The number of aromatic nitrogens is 5. The molecule has 6 rings (SSSR count). The van der Waals surface area contributed by atoms with Gasteiger partial charge in [-0.3, -0.25) is 4.98 Å². The summed E-state index contributed by atoms with van der Waals surface area (Å²) in [5.74, 6) is 0. The molecule has 33 heavy (non-hydrogen) atoms. The highest BCUT2D eigenvalue weighted by atomic mass is 14.8. The minimum Gasteiger partial charge on any atom is -0.355 e. The summed E-state index contributed by atoms with van der Waals surface area (Å²) in [6.07, 6.45) is 12.6. The van der Waals surface area contributed by atoms with Gasteiger partial charge in [0.1, 0.15) is 0 Å². The minimum atomic E-state index is 0.709. The lowest BCUT2D eigenvalue weighted by Crippen LogP contribution is -1.87. The van der Waals surface area contributed by atoms with E-state index in [9.17, 15) is 0 Å². The number of allylic oxidation sites excluding steroid dienone is 1. The first kappa shape index (κ1) is 19.2. The second-order valence-corrected chi connectivity index (χ2v) is 8.05. The Balaban J connectivity index is 1.74. The predicted molar refractivity (Wildman–Crippen MR) is 136 cm³/mol. The van der Waals surface area contributed by atoms with Crippen molar-refractivity contribution in [1.82, 2.24) is 24.9 Å². The summed E-state index contributed by atoms with van der Waals surface area (Å²) in [6.45, 7) is 3.99. The van der Waals surface area contributed by atoms with Gasteiger partial charge in [-0.1, -0.05) is 12.1 Å². The maximum atomic E-state index is 4.80. The lowest BCUT2D eigenvalue weighted by molar-refractivity contribution is 1.27. The quantitative estimate of drug-likeness (QED) is 0.319. The molecule has 0 radical (unpaired) electrons. The predicted octanol–water partition coefficient (Wildman–Crippen LogP) is 6.45. The normalized spacial score (nSPS) is 12.2. The van der Waals surface area contributed by atoms with Crippen molar-refractivity contribution in [3.63, 3.8) is 0 Å². The highest BCUT2D eigenvalue weighted by Gasteiger charge is 2.14. The molecule has 2 N–H and O–H groups in total. The van der Waals surface area contributed by atoms with Crippen LogP contribution < -0.4 is 0 Å². The number of hydrogen-bond donors (Lipinski definition) is 2. The number of hydrogen-bond acceptors (Lipinski definition) is 3. The molecule has 2 aliphatic heterocycles. The third-order valence-electron chi connectivity index (χ3n) is 5.72. The van der Waals surface area contributed by atoms with Crippen LogP contribution in [-0.2, 0) is 6.42 Å². The Morgan fingerprint density at radius 3 is 1.97 bits per heavy atom. The zero-order valence-corrected chi connectivity index (χ0v) is 17.9. The number of H-pyrrole nitrogens is 2. The number of aromatic amines is 2. The van der Waals surface area contributed by atoms with Crippen LogP contribution in [0.3, 0.4) is 0 Å². The van der Waals surface area contributed by atoms with Gasteiger partial charge in [0.15, 0.2) is 0 Å². The summed E-state index contributed by atoms with van der Waals surface area (Å²) in [6, 6.07) is 18.3. The summed E-state index contributed by atoms with van der Waals surface area (Å²) in [4.78, 5) is 21.3. The van der Waals surface area contributed by atoms with Crippen molar-refractivity contribution in [1.29, 1.82) is 0 Å². The van der Waals surface area contributed by atoms with Crippen LogP contribution in [0.4, 0.5) is 0 Å². The van der Waals surface area contributed by atoms with Gasteiger partial charge >= 0.3 is 0 Å². The van der Waals surface area contributed by atoms with Crippen LogP contribution in [0.25, 0.3) is 57.6 Å². The Kier molecular flexibility index (Phi) is 4.58. The van der Waals surface area contributed by atoms with Gasteiger partial charge in [-0.05, 0) is 84.8 Å². The monoisotopic (exact) mass is 427 g/mol. The van der Waals surface area contributed by atoms with E-state index in [4.69, 9.17) is 9.97 Å². The van der Waals surface area contributed by atoms with Crippen molar-refractivity contribution in [2.45, 2.75) is 6.42 Å². The first-order valence-corrected chi connectivity index (χ1v) is 10.9. The van der Waals surface area contributed by atoms with Gasteiger partial charge in [0.2, 0.25) is 0 Å². The van der Waals surface area contributed by atoms with E-state index in [1.54, 1.807) is 0 Å². The Morgan fingerprint density at radius 1 is 0.727 bits per heavy atom. The maximum absolute atomic E-state index is 4.80. The molecule has 0 aromatic carbocycles. The molecular formula is C28H21N5. The van der Waals surface area contributed by atoms with E-state index in [0.717, 1.165) is 61.7 Å². The summed E-state index contributed by atoms with van der Waals surface area (Å²) in [5, 5.41) is 0. The topological polar surface area (TPSA) is 70.2 Å². The maximum Gasteiger partial charge on any atom is 0.0726 e. The molecule has 4 aromatic heterocycles. The second kappa shape index (κ2) is 7.88. The molecule has 0 amide bonds. The number of nitrogens with zero attached hydrogens (tertiary/aromatic N) is 3. The molecule has 0 aliphatic carbocycles. The molecule has 0 fully saturated rings. The average molecular weight is 428 g/mol. The molecule has 5 heteroatoms. The Bertz CT molecular complexity index is 1600. The Hall–Kier alpha value is -4.51. The van der Waals surface area contributed by atoms with Crippen molar-refractivity contribution in [2.24, 2.45) is 0 Å². The lowest BCUT2D eigenvalue weighted by Gasteiger charge is -2.02. The Labute approximate surface area is 190 Å². The smallest absolute Gasteiger partial charge is 0.0726 e. The fraction of sp³-hybridized carbons (Fsp3) is 0.0357. The molecule has 0 atom stereocenters. The molecule has 0 saturated heterocycles. The van der Waals surface area contributed by atoms with Crippen LogP contribution in [-0.4, -0.2) is 24.9 Å². The number of pyridine rings is 1. The molecule has 158 valence electrons. The summed E-state index contributed by atoms with van der Waals surface area (Å²) >= 11 is 0. The molecular weight excluding hydrogens is 406 g/mol. The van der Waals surface area contributed by atoms with Gasteiger partial charge in [-0.2, -0.15) is 0 Å². The van der Waals surface area contributed by atoms with E-state index >= 15 is 0 Å². The van der Waals surface area contributed by atoms with Crippen LogP contribution in [0.15, 0.2) is 73.4 Å². The van der Waals surface area contributed by atoms with Gasteiger partial charge in [-0.25, -0.2) is 9.97 Å². The molecule has 8 bridgehead atoms. The number of fused-ring (bicyclic) bond motifs is 8. The summed E-state index contributed by atoms with van der Waals surface area (Å²) in [7, 11) is 0. The fourth-order valence-corrected chi connectivity index (χ4v) is 4.29. The van der Waals surface area contributed by atoms with Crippen molar-refractivity contribution in [3.8, 4) is 11.3 Å². The zero-order chi connectivity index (χ0) is 22.2. The van der Waals surface area contributed by atoms with Gasteiger partial charge in [0.05, 0.1) is 34.0 Å². The van der Waals surface area contributed by atoms with Gasteiger partial charge in [-0.15, -0.1) is 6.58 Å². The third kappa shape index (κ3) is 3.70. The first-order chi connectivity index (χ1) is 16.2. The highest BCUT2D eigenvalue weighted by molar-refractivity contribution is 5.90. The molecule has 4 aromatic rings. The SMILES string of the molecule is C=CCc1c(-c2ccccn2)c2cc3nc(cc4ccc(cc5nc(cc1[nH]2)C=C5)[nH]4)C=C3. The molecule has 5 nitrogen and oxygen atoms in total. The van der Waals surface area contributed by atoms with Crippen LogP contribution in [0.5, 0.6) is 0 Å². The highest BCUT2D eigenvalue weighted by Crippen LogP contribution is 2.32. The van der Waals surface area contributed by atoms with Crippen LogP contribution >= 0.6 is 0 Å². The largest absolute Gasteiger partial charge is 0.355 e. The van der Waals surface area contributed by atoms with Crippen molar-refractivity contribution >= 4 is 46.4 Å². The molecule has 2 aliphatic rings. The van der Waals surface area contributed by atoms with E-state index < -0.39 is 0 Å². The number of nitrogens with one attached hydrogen (secondary N) is 2. The van der Waals surface area contributed by atoms with Crippen molar-refractivity contribution in [2.75, 3.05) is 0 Å². The van der Waals surface area contributed by atoms with Gasteiger partial charge < -0.3 is 9.97 Å². The van der Waals surface area contributed by atoms with E-state index in [1.165, 1.54) is 0 Å². The minimum absolute atomic E-state index is 0.709. The van der Waals surface area contributed by atoms with E-state index in [2.05, 4.69) is 45.8 Å².